The molecule has 0 bridgehead atoms. The number of benzene rings is 1. The summed E-state index contributed by atoms with van der Waals surface area (Å²) in [6, 6.07) is 14.0. The van der Waals surface area contributed by atoms with E-state index >= 15 is 0 Å². The van der Waals surface area contributed by atoms with E-state index in [1.807, 2.05) is 30.5 Å². The van der Waals surface area contributed by atoms with Crippen molar-refractivity contribution in [1.29, 1.82) is 0 Å². The van der Waals surface area contributed by atoms with Crippen LogP contribution in [0.4, 0.5) is 10.6 Å². The summed E-state index contributed by atoms with van der Waals surface area (Å²) in [7, 11) is 0. The molecule has 1 aromatic heterocycles. The molecule has 2 aromatic rings. The van der Waals surface area contributed by atoms with Gasteiger partial charge < -0.3 is 20.3 Å². The van der Waals surface area contributed by atoms with Crippen LogP contribution in [0.25, 0.3) is 0 Å². The highest BCUT2D eigenvalue weighted by atomic mass is 16.5. The Morgan fingerprint density at radius 2 is 1.75 bits per heavy atom. The maximum Gasteiger partial charge on any atom is 0.315 e. The molecule has 172 valence electrons. The number of pyridine rings is 1. The average molecular weight is 438 g/mol. The summed E-state index contributed by atoms with van der Waals surface area (Å²) < 4.78 is 5.47. The average Bonchev–Trinajstić information content (AvgIpc) is 3.14. The molecule has 4 rings (SSSR count). The molecule has 0 aliphatic carbocycles. The number of amides is 2. The van der Waals surface area contributed by atoms with Crippen LogP contribution >= 0.6 is 0 Å². The van der Waals surface area contributed by atoms with Crippen LogP contribution in [0.3, 0.4) is 0 Å². The first-order chi connectivity index (χ1) is 15.8. The third kappa shape index (κ3) is 6.68. The zero-order valence-corrected chi connectivity index (χ0v) is 18.8. The summed E-state index contributed by atoms with van der Waals surface area (Å²) >= 11 is 0. The Morgan fingerprint density at radius 1 is 1.00 bits per heavy atom. The molecule has 0 spiro atoms. The van der Waals surface area contributed by atoms with Crippen LogP contribution in [0.1, 0.15) is 42.9 Å². The zero-order chi connectivity index (χ0) is 22.0. The minimum atomic E-state index is -0.153. The Morgan fingerprint density at radius 3 is 2.50 bits per heavy atom. The second-order valence-electron chi connectivity index (χ2n) is 8.63. The molecule has 0 radical (unpaired) electrons. The Labute approximate surface area is 191 Å². The molecule has 2 N–H and O–H groups in total. The second kappa shape index (κ2) is 11.8. The van der Waals surface area contributed by atoms with Gasteiger partial charge in [-0.15, -0.1) is 0 Å². The van der Waals surface area contributed by atoms with E-state index in [1.54, 1.807) is 0 Å². The zero-order valence-electron chi connectivity index (χ0n) is 18.8. The molecule has 1 atom stereocenters. The minimum Gasteiger partial charge on any atom is -0.379 e. The molecular formula is C25H35N5O2. The Balaban J connectivity index is 1.34. The lowest BCUT2D eigenvalue weighted by molar-refractivity contribution is 0.0340. The fraction of sp³-hybridized carbons (Fsp3) is 0.520. The molecule has 7 nitrogen and oxygen atoms in total. The third-order valence-electron chi connectivity index (χ3n) is 6.24. The van der Waals surface area contributed by atoms with Crippen LogP contribution in [-0.2, 0) is 11.3 Å². The molecule has 2 aliphatic rings. The standard InChI is InChI=1S/C25H35N5O2/c31-25(27-19-21-10-11-26-24(18-21)30-12-6-1-2-7-13-30)28-23(22-8-4-3-5-9-22)20-29-14-16-32-17-15-29/h3-5,8-11,18,23H,1-2,6-7,12-17,19-20H2,(H2,27,28,31). The van der Waals surface area contributed by atoms with Gasteiger partial charge in [0.2, 0.25) is 0 Å². The molecule has 32 heavy (non-hydrogen) atoms. The SMILES string of the molecule is O=C(NCc1ccnc(N2CCCCCC2)c1)NC(CN1CCOCC1)c1ccccc1. The summed E-state index contributed by atoms with van der Waals surface area (Å²) in [6.45, 7) is 6.65. The van der Waals surface area contributed by atoms with Gasteiger partial charge in [-0.3, -0.25) is 4.90 Å². The number of morpholine rings is 1. The van der Waals surface area contributed by atoms with E-state index in [-0.39, 0.29) is 12.1 Å². The van der Waals surface area contributed by atoms with Crippen LogP contribution in [0.2, 0.25) is 0 Å². The van der Waals surface area contributed by atoms with E-state index in [9.17, 15) is 4.79 Å². The van der Waals surface area contributed by atoms with Gasteiger partial charge in [0.15, 0.2) is 0 Å². The largest absolute Gasteiger partial charge is 0.379 e. The Hall–Kier alpha value is -2.64. The lowest BCUT2D eigenvalue weighted by Gasteiger charge is -2.31. The molecule has 2 amide bonds. The summed E-state index contributed by atoms with van der Waals surface area (Å²) in [6.07, 6.45) is 6.88. The quantitative estimate of drug-likeness (QED) is 0.695. The smallest absolute Gasteiger partial charge is 0.315 e. The first-order valence-corrected chi connectivity index (χ1v) is 11.9. The van der Waals surface area contributed by atoms with E-state index in [4.69, 9.17) is 4.74 Å². The van der Waals surface area contributed by atoms with Crippen molar-refractivity contribution in [3.63, 3.8) is 0 Å². The van der Waals surface area contributed by atoms with E-state index in [0.29, 0.717) is 6.54 Å². The van der Waals surface area contributed by atoms with E-state index in [1.165, 1.54) is 25.7 Å². The summed E-state index contributed by atoms with van der Waals surface area (Å²) in [5.74, 6) is 1.01. The molecule has 1 aromatic carbocycles. The number of hydrogen-bond acceptors (Lipinski definition) is 5. The van der Waals surface area contributed by atoms with Crippen molar-refractivity contribution in [3.8, 4) is 0 Å². The second-order valence-corrected chi connectivity index (χ2v) is 8.63. The van der Waals surface area contributed by atoms with Crippen molar-refractivity contribution >= 4 is 11.8 Å². The molecule has 2 aliphatic heterocycles. The maximum absolute atomic E-state index is 12.8. The Bertz CT molecular complexity index is 833. The Kier molecular flexibility index (Phi) is 8.34. The van der Waals surface area contributed by atoms with Gasteiger partial charge in [-0.2, -0.15) is 0 Å². The number of aromatic nitrogens is 1. The van der Waals surface area contributed by atoms with Gasteiger partial charge in [0.05, 0.1) is 19.3 Å². The number of carbonyl (C=O) groups excluding carboxylic acids is 1. The van der Waals surface area contributed by atoms with Crippen molar-refractivity contribution in [2.24, 2.45) is 0 Å². The highest BCUT2D eigenvalue weighted by Gasteiger charge is 2.20. The fourth-order valence-electron chi connectivity index (χ4n) is 4.40. The van der Waals surface area contributed by atoms with E-state index in [0.717, 1.165) is 62.9 Å². The molecule has 2 fully saturated rings. The maximum atomic E-state index is 12.8. The minimum absolute atomic E-state index is 0.0700. The lowest BCUT2D eigenvalue weighted by Crippen LogP contribution is -2.45. The van der Waals surface area contributed by atoms with Crippen molar-refractivity contribution in [2.45, 2.75) is 38.3 Å². The number of ether oxygens (including phenoxy) is 1. The van der Waals surface area contributed by atoms with Gasteiger partial charge in [0.1, 0.15) is 5.82 Å². The fourth-order valence-corrected chi connectivity index (χ4v) is 4.40. The van der Waals surface area contributed by atoms with E-state index in [2.05, 4.69) is 43.6 Å². The van der Waals surface area contributed by atoms with Gasteiger partial charge in [-0.25, -0.2) is 9.78 Å². The van der Waals surface area contributed by atoms with Crippen LogP contribution in [0.5, 0.6) is 0 Å². The molecule has 3 heterocycles. The van der Waals surface area contributed by atoms with Gasteiger partial charge in [0.25, 0.3) is 0 Å². The highest BCUT2D eigenvalue weighted by Crippen LogP contribution is 2.19. The topological polar surface area (TPSA) is 69.7 Å². The normalized spacial score (nSPS) is 18.6. The van der Waals surface area contributed by atoms with Gasteiger partial charge in [-0.1, -0.05) is 43.2 Å². The van der Waals surface area contributed by atoms with Gasteiger partial charge in [0, 0.05) is 45.5 Å². The van der Waals surface area contributed by atoms with Gasteiger partial charge >= 0.3 is 6.03 Å². The van der Waals surface area contributed by atoms with Gasteiger partial charge in [-0.05, 0) is 36.1 Å². The van der Waals surface area contributed by atoms with Crippen LogP contribution < -0.4 is 15.5 Å². The van der Waals surface area contributed by atoms with Crippen LogP contribution in [-0.4, -0.2) is 61.9 Å². The predicted molar refractivity (Wildman–Crippen MR) is 127 cm³/mol. The highest BCUT2D eigenvalue weighted by molar-refractivity contribution is 5.74. The number of rotatable bonds is 7. The number of hydrogen-bond donors (Lipinski definition) is 2. The molecular weight excluding hydrogens is 402 g/mol. The third-order valence-corrected chi connectivity index (χ3v) is 6.24. The molecule has 1 unspecified atom stereocenters. The van der Waals surface area contributed by atoms with Crippen LogP contribution in [0, 0.1) is 0 Å². The summed E-state index contributed by atoms with van der Waals surface area (Å²) in [5.41, 5.74) is 2.18. The van der Waals surface area contributed by atoms with Crippen LogP contribution in [0.15, 0.2) is 48.7 Å². The van der Waals surface area contributed by atoms with E-state index < -0.39 is 0 Å². The molecule has 0 saturated carbocycles. The molecule has 2 saturated heterocycles. The van der Waals surface area contributed by atoms with Crippen molar-refractivity contribution in [2.75, 3.05) is 50.8 Å². The number of nitrogens with zero attached hydrogens (tertiary/aromatic N) is 3. The van der Waals surface area contributed by atoms with Crippen molar-refractivity contribution < 1.29 is 9.53 Å². The monoisotopic (exact) mass is 437 g/mol. The number of carbonyl (C=O) groups is 1. The predicted octanol–water partition coefficient (Wildman–Crippen LogP) is 3.33. The molecule has 7 heteroatoms. The lowest BCUT2D eigenvalue weighted by atomic mass is 10.1. The first kappa shape index (κ1) is 22.6. The number of nitrogens with one attached hydrogen (secondary N) is 2. The van der Waals surface area contributed by atoms with Crippen molar-refractivity contribution in [1.82, 2.24) is 20.5 Å². The van der Waals surface area contributed by atoms with Crippen molar-refractivity contribution in [3.05, 3.63) is 59.8 Å². The number of urea groups is 1. The first-order valence-electron chi connectivity index (χ1n) is 11.9. The summed E-state index contributed by atoms with van der Waals surface area (Å²) in [4.78, 5) is 22.1. The number of anilines is 1. The summed E-state index contributed by atoms with van der Waals surface area (Å²) in [5, 5.41) is 6.22.